The summed E-state index contributed by atoms with van der Waals surface area (Å²) in [6.07, 6.45) is 1.79. The van der Waals surface area contributed by atoms with E-state index in [-0.39, 0.29) is 18.1 Å². The first-order valence-corrected chi connectivity index (χ1v) is 6.57. The van der Waals surface area contributed by atoms with Crippen LogP contribution in [-0.2, 0) is 11.3 Å². The number of nitro groups is 1. The van der Waals surface area contributed by atoms with Crippen molar-refractivity contribution in [3.63, 3.8) is 0 Å². The predicted molar refractivity (Wildman–Crippen MR) is 76.5 cm³/mol. The van der Waals surface area contributed by atoms with Crippen molar-refractivity contribution in [3.05, 3.63) is 40.6 Å². The maximum atomic E-state index is 12.1. The summed E-state index contributed by atoms with van der Waals surface area (Å²) in [5, 5.41) is 11.5. The number of likely N-dealkylation sites (N-methyl/N-ethyl adjacent to an activating group) is 1. The molecular weight excluding hydrogens is 258 g/mol. The average molecular weight is 275 g/mol. The van der Waals surface area contributed by atoms with E-state index < -0.39 is 4.92 Å². The highest BCUT2D eigenvalue weighted by Gasteiger charge is 2.13. The summed E-state index contributed by atoms with van der Waals surface area (Å²) in [4.78, 5) is 24.2. The number of rotatable bonds is 5. The normalized spacial score (nSPS) is 10.7. The highest BCUT2D eigenvalue weighted by molar-refractivity contribution is 5.85. The summed E-state index contributed by atoms with van der Waals surface area (Å²) in [5.41, 5.74) is 0.890. The Morgan fingerprint density at radius 3 is 2.60 bits per heavy atom. The van der Waals surface area contributed by atoms with Crippen LogP contribution in [-0.4, -0.2) is 33.4 Å². The molecule has 6 heteroatoms. The second-order valence-corrected chi connectivity index (χ2v) is 4.51. The van der Waals surface area contributed by atoms with Gasteiger partial charge in [-0.1, -0.05) is 0 Å². The molecule has 0 saturated carbocycles. The summed E-state index contributed by atoms with van der Waals surface area (Å²) >= 11 is 0. The van der Waals surface area contributed by atoms with Crippen LogP contribution in [0.15, 0.2) is 30.5 Å². The number of benzene rings is 1. The molecule has 20 heavy (non-hydrogen) atoms. The van der Waals surface area contributed by atoms with E-state index in [9.17, 15) is 14.9 Å². The zero-order chi connectivity index (χ0) is 14.7. The van der Waals surface area contributed by atoms with Crippen LogP contribution in [0.1, 0.15) is 13.8 Å². The van der Waals surface area contributed by atoms with Crippen LogP contribution in [0, 0.1) is 10.1 Å². The fraction of sp³-hybridized carbons (Fsp3) is 0.357. The number of carbonyl (C=O) groups is 1. The second-order valence-electron chi connectivity index (χ2n) is 4.51. The summed E-state index contributed by atoms with van der Waals surface area (Å²) < 4.78 is 1.82. The summed E-state index contributed by atoms with van der Waals surface area (Å²) in [5.74, 6) is 0.0471. The molecule has 1 amide bonds. The number of hydrogen-bond donors (Lipinski definition) is 0. The molecule has 0 bridgehead atoms. The van der Waals surface area contributed by atoms with Crippen LogP contribution >= 0.6 is 0 Å². The summed E-state index contributed by atoms with van der Waals surface area (Å²) in [6, 6.07) is 6.45. The lowest BCUT2D eigenvalue weighted by atomic mass is 10.2. The minimum absolute atomic E-state index is 0.0471. The molecule has 1 heterocycles. The Morgan fingerprint density at radius 2 is 2.00 bits per heavy atom. The lowest BCUT2D eigenvalue weighted by Crippen LogP contribution is -2.33. The van der Waals surface area contributed by atoms with Crippen molar-refractivity contribution in [2.45, 2.75) is 20.4 Å². The smallest absolute Gasteiger partial charge is 0.270 e. The number of hydrogen-bond acceptors (Lipinski definition) is 3. The van der Waals surface area contributed by atoms with E-state index in [0.717, 1.165) is 10.9 Å². The zero-order valence-electron chi connectivity index (χ0n) is 11.6. The molecule has 0 radical (unpaired) electrons. The number of fused-ring (bicyclic) bond motifs is 1. The van der Waals surface area contributed by atoms with E-state index in [1.165, 1.54) is 12.1 Å². The monoisotopic (exact) mass is 275 g/mol. The average Bonchev–Trinajstić information content (AvgIpc) is 2.82. The van der Waals surface area contributed by atoms with Crippen molar-refractivity contribution < 1.29 is 9.72 Å². The predicted octanol–water partition coefficient (Wildman–Crippen LogP) is 2.42. The molecule has 0 spiro atoms. The Kier molecular flexibility index (Phi) is 4.02. The molecule has 1 aromatic heterocycles. The van der Waals surface area contributed by atoms with E-state index in [1.807, 2.05) is 18.4 Å². The van der Waals surface area contributed by atoms with Crippen LogP contribution in [0.4, 0.5) is 5.69 Å². The van der Waals surface area contributed by atoms with Crippen molar-refractivity contribution in [2.24, 2.45) is 0 Å². The molecule has 0 saturated heterocycles. The first-order chi connectivity index (χ1) is 9.56. The molecule has 2 aromatic rings. The van der Waals surface area contributed by atoms with Gasteiger partial charge in [0.05, 0.1) is 4.92 Å². The molecule has 0 atom stereocenters. The molecule has 0 aliphatic rings. The third-order valence-electron chi connectivity index (χ3n) is 3.39. The number of carbonyl (C=O) groups excluding carboxylic acids is 1. The molecule has 106 valence electrons. The van der Waals surface area contributed by atoms with Gasteiger partial charge < -0.3 is 9.47 Å². The lowest BCUT2D eigenvalue weighted by molar-refractivity contribution is -0.384. The molecule has 2 rings (SSSR count). The van der Waals surface area contributed by atoms with Gasteiger partial charge in [0.25, 0.3) is 5.69 Å². The van der Waals surface area contributed by atoms with Gasteiger partial charge in [0.15, 0.2) is 0 Å². The molecule has 6 nitrogen and oxygen atoms in total. The molecule has 0 aliphatic carbocycles. The largest absolute Gasteiger partial charge is 0.342 e. The van der Waals surface area contributed by atoms with Crippen LogP contribution < -0.4 is 0 Å². The lowest BCUT2D eigenvalue weighted by Gasteiger charge is -2.19. The minimum atomic E-state index is -0.419. The molecule has 0 unspecified atom stereocenters. The minimum Gasteiger partial charge on any atom is -0.342 e. The van der Waals surface area contributed by atoms with Gasteiger partial charge in [-0.25, -0.2) is 0 Å². The van der Waals surface area contributed by atoms with Gasteiger partial charge in [-0.3, -0.25) is 14.9 Å². The Morgan fingerprint density at radius 1 is 1.30 bits per heavy atom. The highest BCUT2D eigenvalue weighted by atomic mass is 16.6. The summed E-state index contributed by atoms with van der Waals surface area (Å²) in [6.45, 7) is 5.50. The van der Waals surface area contributed by atoms with Gasteiger partial charge in [-0.05, 0) is 26.0 Å². The SMILES string of the molecule is CCN(CC)C(=O)Cn1ccc2cc([N+](=O)[O-])ccc21. The van der Waals surface area contributed by atoms with Crippen LogP contribution in [0.25, 0.3) is 10.9 Å². The van der Waals surface area contributed by atoms with Crippen molar-refractivity contribution >= 4 is 22.5 Å². The number of amides is 1. The van der Waals surface area contributed by atoms with Gasteiger partial charge in [0.1, 0.15) is 6.54 Å². The molecular formula is C14H17N3O3. The molecule has 1 aromatic carbocycles. The van der Waals surface area contributed by atoms with Gasteiger partial charge in [0.2, 0.25) is 5.91 Å². The van der Waals surface area contributed by atoms with Crippen molar-refractivity contribution in [1.82, 2.24) is 9.47 Å². The third-order valence-corrected chi connectivity index (χ3v) is 3.39. The number of aromatic nitrogens is 1. The van der Waals surface area contributed by atoms with Crippen molar-refractivity contribution in [1.29, 1.82) is 0 Å². The number of nitrogens with zero attached hydrogens (tertiary/aromatic N) is 3. The molecule has 0 fully saturated rings. The number of non-ortho nitro benzene ring substituents is 1. The maximum Gasteiger partial charge on any atom is 0.270 e. The topological polar surface area (TPSA) is 68.4 Å². The van der Waals surface area contributed by atoms with E-state index >= 15 is 0 Å². The summed E-state index contributed by atoms with van der Waals surface area (Å²) in [7, 11) is 0. The zero-order valence-corrected chi connectivity index (χ0v) is 11.6. The number of nitro benzene ring substituents is 1. The Labute approximate surface area is 116 Å². The quantitative estimate of drug-likeness (QED) is 0.621. The van der Waals surface area contributed by atoms with E-state index in [4.69, 9.17) is 0 Å². The molecule has 0 N–H and O–H groups in total. The van der Waals surface area contributed by atoms with E-state index in [2.05, 4.69) is 0 Å². The van der Waals surface area contributed by atoms with E-state index in [1.54, 1.807) is 23.2 Å². The van der Waals surface area contributed by atoms with Crippen LogP contribution in [0.3, 0.4) is 0 Å². The van der Waals surface area contributed by atoms with Crippen molar-refractivity contribution in [2.75, 3.05) is 13.1 Å². The van der Waals surface area contributed by atoms with Gasteiger partial charge in [-0.2, -0.15) is 0 Å². The first-order valence-electron chi connectivity index (χ1n) is 6.57. The van der Waals surface area contributed by atoms with Crippen LogP contribution in [0.5, 0.6) is 0 Å². The second kappa shape index (κ2) is 5.73. The fourth-order valence-corrected chi connectivity index (χ4v) is 2.26. The van der Waals surface area contributed by atoms with E-state index in [0.29, 0.717) is 13.1 Å². The van der Waals surface area contributed by atoms with Gasteiger partial charge in [0, 0.05) is 42.3 Å². The Hall–Kier alpha value is -2.37. The Bertz CT molecular complexity index is 644. The van der Waals surface area contributed by atoms with Crippen LogP contribution in [0.2, 0.25) is 0 Å². The first kappa shape index (κ1) is 14.0. The fourth-order valence-electron chi connectivity index (χ4n) is 2.26. The van der Waals surface area contributed by atoms with Crippen molar-refractivity contribution in [3.8, 4) is 0 Å². The Balaban J connectivity index is 2.28. The molecule has 0 aliphatic heterocycles. The third kappa shape index (κ3) is 2.64. The van der Waals surface area contributed by atoms with Gasteiger partial charge >= 0.3 is 0 Å². The highest BCUT2D eigenvalue weighted by Crippen LogP contribution is 2.22. The van der Waals surface area contributed by atoms with Gasteiger partial charge in [-0.15, -0.1) is 0 Å². The standard InChI is InChI=1S/C14H17N3O3/c1-3-15(4-2)14(18)10-16-8-7-11-9-12(17(19)20)5-6-13(11)16/h5-9H,3-4,10H2,1-2H3. The maximum absolute atomic E-state index is 12.1.